The van der Waals surface area contributed by atoms with Crippen LogP contribution in [0.3, 0.4) is 0 Å². The average Bonchev–Trinajstić information content (AvgIpc) is 3.13. The van der Waals surface area contributed by atoms with E-state index in [0.717, 1.165) is 6.54 Å². The minimum absolute atomic E-state index is 1.10. The number of hydrogen-bond acceptors (Lipinski definition) is 0. The van der Waals surface area contributed by atoms with Crippen LogP contribution in [0.25, 0.3) is 0 Å². The number of imidazole rings is 1. The first-order valence-electron chi connectivity index (χ1n) is 13.4. The van der Waals surface area contributed by atoms with Crippen LogP contribution in [0.2, 0.25) is 0 Å². The number of rotatable bonds is 21. The number of aryl methyl sites for hydroxylation is 2. The van der Waals surface area contributed by atoms with Crippen LogP contribution in [0.15, 0.2) is 12.4 Å². The van der Waals surface area contributed by atoms with Crippen molar-refractivity contribution in [2.75, 3.05) is 0 Å². The molecule has 1 rings (SSSR count). The van der Waals surface area contributed by atoms with Crippen LogP contribution in [0.4, 0.5) is 0 Å². The Morgan fingerprint density at radius 1 is 0.586 bits per heavy atom. The van der Waals surface area contributed by atoms with E-state index in [9.17, 15) is 0 Å². The summed E-state index contributed by atoms with van der Waals surface area (Å²) in [6.45, 7) is 9.15. The van der Waals surface area contributed by atoms with E-state index >= 15 is 0 Å². The van der Waals surface area contributed by atoms with Crippen LogP contribution in [0, 0.1) is 0 Å². The molecule has 0 spiro atoms. The Morgan fingerprint density at radius 3 is 1.48 bits per heavy atom. The molecule has 0 N–H and O–H groups in total. The zero-order valence-corrected chi connectivity index (χ0v) is 20.4. The maximum absolute atomic E-state index is 2.50. The highest BCUT2D eigenvalue weighted by atomic mass is 15.1. The molecule has 0 atom stereocenters. The third-order valence-corrected chi connectivity index (χ3v) is 6.44. The first kappa shape index (κ1) is 26.2. The Bertz CT molecular complexity index is 463. The predicted molar refractivity (Wildman–Crippen MR) is 128 cm³/mol. The van der Waals surface area contributed by atoms with Crippen LogP contribution in [-0.2, 0) is 19.5 Å². The number of aromatic nitrogens is 2. The van der Waals surface area contributed by atoms with Crippen molar-refractivity contribution in [1.29, 1.82) is 0 Å². The van der Waals surface area contributed by atoms with Crippen LogP contribution >= 0.6 is 0 Å². The summed E-state index contributed by atoms with van der Waals surface area (Å²) >= 11 is 0. The molecular formula is C27H53N2+. The second-order valence-corrected chi connectivity index (χ2v) is 9.10. The van der Waals surface area contributed by atoms with Gasteiger partial charge in [0.05, 0.1) is 13.1 Å². The fraction of sp³-hybridized carbons (Fsp3) is 0.889. The van der Waals surface area contributed by atoms with Crippen LogP contribution < -0.4 is 4.57 Å². The molecule has 29 heavy (non-hydrogen) atoms. The van der Waals surface area contributed by atoms with Gasteiger partial charge in [0.1, 0.15) is 12.4 Å². The van der Waals surface area contributed by atoms with E-state index in [1.165, 1.54) is 129 Å². The summed E-state index contributed by atoms with van der Waals surface area (Å²) in [5.74, 6) is 1.55. The van der Waals surface area contributed by atoms with E-state index in [-0.39, 0.29) is 0 Å². The highest BCUT2D eigenvalue weighted by molar-refractivity contribution is 4.83. The van der Waals surface area contributed by atoms with Crippen molar-refractivity contribution >= 4 is 0 Å². The van der Waals surface area contributed by atoms with Crippen LogP contribution in [0.1, 0.15) is 142 Å². The molecule has 1 heterocycles. The Labute approximate surface area is 183 Å². The fourth-order valence-corrected chi connectivity index (χ4v) is 4.44. The predicted octanol–water partition coefficient (Wildman–Crippen LogP) is 8.40. The highest BCUT2D eigenvalue weighted by Crippen LogP contribution is 2.14. The van der Waals surface area contributed by atoms with Gasteiger partial charge in [0.25, 0.3) is 5.82 Å². The second-order valence-electron chi connectivity index (χ2n) is 9.10. The smallest absolute Gasteiger partial charge is 0.235 e. The molecule has 0 aliphatic heterocycles. The molecule has 0 unspecified atom stereocenters. The Kier molecular flexibility index (Phi) is 17.4. The Morgan fingerprint density at radius 2 is 1.03 bits per heavy atom. The molecule has 0 saturated heterocycles. The minimum atomic E-state index is 1.10. The standard InChI is InChI=1S/C27H53N2/c1-4-7-9-10-11-12-13-14-15-16-17-18-19-20-21-22-23-27-28(6-3)25-26-29(27)24-8-5-2/h25-26H,4-24H2,1-3H3/q+1. The molecule has 170 valence electrons. The van der Waals surface area contributed by atoms with Crippen molar-refractivity contribution in [2.45, 2.75) is 156 Å². The lowest BCUT2D eigenvalue weighted by molar-refractivity contribution is -0.704. The van der Waals surface area contributed by atoms with Gasteiger partial charge >= 0.3 is 0 Å². The zero-order valence-electron chi connectivity index (χ0n) is 20.4. The highest BCUT2D eigenvalue weighted by Gasteiger charge is 2.14. The fourth-order valence-electron chi connectivity index (χ4n) is 4.44. The lowest BCUT2D eigenvalue weighted by Gasteiger charge is -2.05. The molecule has 0 amide bonds. The van der Waals surface area contributed by atoms with E-state index in [2.05, 4.69) is 42.3 Å². The monoisotopic (exact) mass is 405 g/mol. The topological polar surface area (TPSA) is 8.81 Å². The van der Waals surface area contributed by atoms with Gasteiger partial charge in [-0.05, 0) is 19.8 Å². The van der Waals surface area contributed by atoms with Crippen molar-refractivity contribution in [2.24, 2.45) is 0 Å². The van der Waals surface area contributed by atoms with Crippen molar-refractivity contribution in [3.8, 4) is 0 Å². The summed E-state index contributed by atoms with van der Waals surface area (Å²) in [7, 11) is 0. The molecule has 0 aliphatic carbocycles. The Balaban J connectivity index is 1.92. The third-order valence-electron chi connectivity index (χ3n) is 6.44. The molecule has 0 radical (unpaired) electrons. The lowest BCUT2D eigenvalue weighted by Crippen LogP contribution is -2.37. The van der Waals surface area contributed by atoms with Gasteiger partial charge in [-0.3, -0.25) is 0 Å². The quantitative estimate of drug-likeness (QED) is 0.143. The van der Waals surface area contributed by atoms with Gasteiger partial charge in [-0.25, -0.2) is 9.13 Å². The SMILES string of the molecule is CCCCCCCCCCCCCCCCCCc1n(CC)cc[n+]1CCCC. The third kappa shape index (κ3) is 13.2. The van der Waals surface area contributed by atoms with Gasteiger partial charge in [0.15, 0.2) is 0 Å². The summed E-state index contributed by atoms with van der Waals surface area (Å²) in [6, 6.07) is 0. The van der Waals surface area contributed by atoms with Gasteiger partial charge in [-0.2, -0.15) is 0 Å². The van der Waals surface area contributed by atoms with Gasteiger partial charge in [-0.1, -0.05) is 117 Å². The van der Waals surface area contributed by atoms with Crippen molar-refractivity contribution in [1.82, 2.24) is 4.57 Å². The van der Waals surface area contributed by atoms with Crippen molar-refractivity contribution < 1.29 is 4.57 Å². The van der Waals surface area contributed by atoms with Gasteiger partial charge in [0, 0.05) is 6.42 Å². The molecule has 2 nitrogen and oxygen atoms in total. The summed E-state index contributed by atoms with van der Waals surface area (Å²) in [5, 5.41) is 0. The van der Waals surface area contributed by atoms with Crippen LogP contribution in [0.5, 0.6) is 0 Å². The van der Waals surface area contributed by atoms with E-state index in [4.69, 9.17) is 0 Å². The first-order chi connectivity index (χ1) is 14.3. The number of nitrogens with zero attached hydrogens (tertiary/aromatic N) is 2. The molecule has 2 heteroatoms. The summed E-state index contributed by atoms with van der Waals surface area (Å²) in [6.07, 6.45) is 31.5. The average molecular weight is 406 g/mol. The van der Waals surface area contributed by atoms with Crippen molar-refractivity contribution in [3.05, 3.63) is 18.2 Å². The van der Waals surface area contributed by atoms with E-state index < -0.39 is 0 Å². The van der Waals surface area contributed by atoms with E-state index in [0.29, 0.717) is 0 Å². The summed E-state index contributed by atoms with van der Waals surface area (Å²) in [4.78, 5) is 0. The number of unbranched alkanes of at least 4 members (excludes halogenated alkanes) is 16. The lowest BCUT2D eigenvalue weighted by atomic mass is 10.0. The molecular weight excluding hydrogens is 352 g/mol. The molecule has 1 aromatic heterocycles. The van der Waals surface area contributed by atoms with E-state index in [1.54, 1.807) is 5.82 Å². The maximum atomic E-state index is 2.50. The van der Waals surface area contributed by atoms with Crippen molar-refractivity contribution in [3.63, 3.8) is 0 Å². The first-order valence-corrected chi connectivity index (χ1v) is 13.4. The van der Waals surface area contributed by atoms with Gasteiger partial charge < -0.3 is 0 Å². The second kappa shape index (κ2) is 19.2. The summed E-state index contributed by atoms with van der Waals surface area (Å²) in [5.41, 5.74) is 0. The Hall–Kier alpha value is -0.790. The molecule has 0 saturated carbocycles. The molecule has 0 aliphatic rings. The maximum Gasteiger partial charge on any atom is 0.256 e. The normalized spacial score (nSPS) is 11.4. The van der Waals surface area contributed by atoms with E-state index in [1.807, 2.05) is 0 Å². The van der Waals surface area contributed by atoms with Gasteiger partial charge in [-0.15, -0.1) is 0 Å². The van der Waals surface area contributed by atoms with Gasteiger partial charge in [0.2, 0.25) is 0 Å². The van der Waals surface area contributed by atoms with Crippen LogP contribution in [-0.4, -0.2) is 4.57 Å². The summed E-state index contributed by atoms with van der Waals surface area (Å²) < 4.78 is 4.94. The molecule has 1 aromatic rings. The molecule has 0 bridgehead atoms. The minimum Gasteiger partial charge on any atom is -0.235 e. The molecule has 0 aromatic carbocycles. The zero-order chi connectivity index (χ0) is 21.0. The largest absolute Gasteiger partial charge is 0.256 e. The molecule has 0 fully saturated rings. The number of hydrogen-bond donors (Lipinski definition) is 0.